The van der Waals surface area contributed by atoms with Crippen LogP contribution in [-0.4, -0.2) is 67.3 Å². The van der Waals surface area contributed by atoms with E-state index < -0.39 is 67.3 Å². The van der Waals surface area contributed by atoms with Crippen LogP contribution in [0.15, 0.2) is 0 Å². The van der Waals surface area contributed by atoms with Crippen molar-refractivity contribution in [1.29, 1.82) is 0 Å². The fraction of sp³-hybridized carbons (Fsp3) is 0.909. The van der Waals surface area contributed by atoms with E-state index in [2.05, 4.69) is 9.47 Å². The molecule has 0 aromatic rings. The Balaban J connectivity index is 5.34. The quantitative estimate of drug-likeness (QED) is 0.285. The molecule has 21 heteroatoms. The predicted molar refractivity (Wildman–Crippen MR) is 59.1 cm³/mol. The lowest BCUT2D eigenvalue weighted by Crippen LogP contribution is -2.62. The van der Waals surface area contributed by atoms with Crippen LogP contribution in [0.4, 0.5) is 83.8 Å². The third-order valence-electron chi connectivity index (χ3n) is 3.16. The molecule has 0 aliphatic rings. The molecular formula is C11H4F18O3. The minimum Gasteiger partial charge on any atom is -0.428 e. The van der Waals surface area contributed by atoms with Crippen LogP contribution in [0.5, 0.6) is 0 Å². The average Bonchev–Trinajstić information content (AvgIpc) is 2.55. The molecule has 0 bridgehead atoms. The number of hydrogen-bond donors (Lipinski definition) is 0. The molecule has 32 heavy (non-hydrogen) atoms. The van der Waals surface area contributed by atoms with Crippen LogP contribution >= 0.6 is 0 Å². The van der Waals surface area contributed by atoms with Gasteiger partial charge < -0.3 is 9.47 Å². The molecule has 0 atom stereocenters. The molecule has 0 radical (unpaired) electrons. The first-order valence-electron chi connectivity index (χ1n) is 6.80. The number of carbonyl (C=O) groups excluding carboxylic acids is 1. The van der Waals surface area contributed by atoms with E-state index in [0.29, 0.717) is 0 Å². The zero-order chi connectivity index (χ0) is 26.4. The van der Waals surface area contributed by atoms with Crippen molar-refractivity contribution in [3.05, 3.63) is 0 Å². The molecule has 0 amide bonds. The van der Waals surface area contributed by atoms with Gasteiger partial charge in [-0.2, -0.15) is 79.0 Å². The molecule has 0 unspecified atom stereocenters. The van der Waals surface area contributed by atoms with Gasteiger partial charge in [-0.1, -0.05) is 0 Å². The normalized spacial score (nSPS) is 15.6. The molecule has 192 valence electrons. The fourth-order valence-corrected chi connectivity index (χ4v) is 1.34. The van der Waals surface area contributed by atoms with Gasteiger partial charge in [0.2, 0.25) is 0 Å². The van der Waals surface area contributed by atoms with Crippen molar-refractivity contribution in [3.8, 4) is 0 Å². The van der Waals surface area contributed by atoms with Gasteiger partial charge in [0.15, 0.2) is 13.2 Å². The molecule has 0 aromatic heterocycles. The van der Waals surface area contributed by atoms with Gasteiger partial charge >= 0.3 is 54.0 Å². The summed E-state index contributed by atoms with van der Waals surface area (Å²) < 4.78 is 230. The Labute approximate surface area is 162 Å². The lowest BCUT2D eigenvalue weighted by molar-refractivity contribution is -0.400. The van der Waals surface area contributed by atoms with E-state index in [4.69, 9.17) is 0 Å². The van der Waals surface area contributed by atoms with Gasteiger partial charge in [0.25, 0.3) is 0 Å². The zero-order valence-electron chi connectivity index (χ0n) is 13.9. The average molecular weight is 526 g/mol. The summed E-state index contributed by atoms with van der Waals surface area (Å²) in [4.78, 5) is 10.7. The Hall–Kier alpha value is -1.99. The highest BCUT2D eigenvalue weighted by Crippen LogP contribution is 2.54. The topological polar surface area (TPSA) is 35.5 Å². The van der Waals surface area contributed by atoms with Crippen LogP contribution in [0, 0.1) is 0 Å². The summed E-state index contributed by atoms with van der Waals surface area (Å²) in [6.07, 6.45) is -17.8. The monoisotopic (exact) mass is 526 g/mol. The van der Waals surface area contributed by atoms with Crippen LogP contribution in [0.1, 0.15) is 0 Å². The van der Waals surface area contributed by atoms with Gasteiger partial charge in [0.1, 0.15) is 0 Å². The number of rotatable bonds is 8. The molecule has 3 nitrogen and oxygen atoms in total. The van der Waals surface area contributed by atoms with Gasteiger partial charge in [-0.25, -0.2) is 4.79 Å². The molecule has 0 aromatic carbocycles. The fourth-order valence-electron chi connectivity index (χ4n) is 1.34. The summed E-state index contributed by atoms with van der Waals surface area (Å²) in [5.74, 6) is -42.9. The Bertz CT molecular complexity index is 619. The summed E-state index contributed by atoms with van der Waals surface area (Å²) in [5.41, 5.74) is 0. The van der Waals surface area contributed by atoms with Crippen molar-refractivity contribution >= 4 is 6.16 Å². The second-order valence-corrected chi connectivity index (χ2v) is 5.53. The molecule has 0 saturated heterocycles. The molecule has 0 spiro atoms. The van der Waals surface area contributed by atoms with Crippen LogP contribution in [0.25, 0.3) is 0 Å². The smallest absolute Gasteiger partial charge is 0.428 e. The molecule has 0 aliphatic carbocycles. The maximum absolute atomic E-state index is 13.0. The Morgan fingerprint density at radius 3 is 0.844 bits per heavy atom. The number of carbonyl (C=O) groups is 1. The number of alkyl halides is 18. The highest BCUT2D eigenvalue weighted by Gasteiger charge is 2.83. The van der Waals surface area contributed by atoms with E-state index in [9.17, 15) is 83.8 Å². The number of ether oxygens (including phenoxy) is 2. The first kappa shape index (κ1) is 30.0. The molecule has 0 aliphatic heterocycles. The third kappa shape index (κ3) is 4.99. The van der Waals surface area contributed by atoms with Crippen molar-refractivity contribution < 1.29 is 93.3 Å². The van der Waals surface area contributed by atoms with Crippen molar-refractivity contribution in [2.24, 2.45) is 0 Å². The maximum atomic E-state index is 13.0. The van der Waals surface area contributed by atoms with E-state index in [1.54, 1.807) is 0 Å². The van der Waals surface area contributed by atoms with Gasteiger partial charge in [-0.05, 0) is 0 Å². The SMILES string of the molecule is O=C(OCC(F)(F)C(F)(F)C(F)(F)C(F)(F)F)OCC(F)(F)C(F)(F)C(F)(F)C(F)(F)F. The van der Waals surface area contributed by atoms with Crippen LogP contribution < -0.4 is 0 Å². The Kier molecular flexibility index (Phi) is 7.60. The van der Waals surface area contributed by atoms with Crippen molar-refractivity contribution in [1.82, 2.24) is 0 Å². The van der Waals surface area contributed by atoms with E-state index in [-0.39, 0.29) is 0 Å². The van der Waals surface area contributed by atoms with E-state index in [1.807, 2.05) is 0 Å². The minimum atomic E-state index is -7.46. The molecule has 0 fully saturated rings. The van der Waals surface area contributed by atoms with Crippen molar-refractivity contribution in [2.45, 2.75) is 47.9 Å². The molecule has 0 heterocycles. The van der Waals surface area contributed by atoms with Crippen molar-refractivity contribution in [2.75, 3.05) is 13.2 Å². The highest BCUT2D eigenvalue weighted by molar-refractivity contribution is 5.60. The summed E-state index contributed by atoms with van der Waals surface area (Å²) in [6, 6.07) is 0. The molecule has 0 rings (SSSR count). The van der Waals surface area contributed by atoms with Crippen LogP contribution in [-0.2, 0) is 9.47 Å². The van der Waals surface area contributed by atoms with E-state index in [1.165, 1.54) is 0 Å². The summed E-state index contributed by atoms with van der Waals surface area (Å²) >= 11 is 0. The summed E-state index contributed by atoms with van der Waals surface area (Å²) in [6.45, 7) is -6.99. The van der Waals surface area contributed by atoms with Gasteiger partial charge in [0, 0.05) is 0 Å². The van der Waals surface area contributed by atoms with Gasteiger partial charge in [0.05, 0.1) is 0 Å². The van der Waals surface area contributed by atoms with Gasteiger partial charge in [-0.15, -0.1) is 0 Å². The summed E-state index contributed by atoms with van der Waals surface area (Å²) in [5, 5.41) is 0. The van der Waals surface area contributed by atoms with E-state index in [0.717, 1.165) is 0 Å². The second kappa shape index (κ2) is 8.10. The number of hydrogen-bond acceptors (Lipinski definition) is 3. The third-order valence-corrected chi connectivity index (χ3v) is 3.16. The van der Waals surface area contributed by atoms with E-state index >= 15 is 0 Å². The largest absolute Gasteiger partial charge is 0.508 e. The molecule has 0 N–H and O–H groups in total. The minimum absolute atomic E-state index is 2.78. The Morgan fingerprint density at radius 1 is 0.438 bits per heavy atom. The molecule has 0 saturated carbocycles. The first-order valence-corrected chi connectivity index (χ1v) is 6.80. The van der Waals surface area contributed by atoms with Crippen LogP contribution in [0.2, 0.25) is 0 Å². The highest BCUT2D eigenvalue weighted by atomic mass is 19.4. The maximum Gasteiger partial charge on any atom is 0.508 e. The Morgan fingerprint density at radius 2 is 0.656 bits per heavy atom. The molecular weight excluding hydrogens is 522 g/mol. The lowest BCUT2D eigenvalue weighted by atomic mass is 10.0. The number of halogens is 18. The predicted octanol–water partition coefficient (Wildman–Crippen LogP) is 6.08. The summed E-state index contributed by atoms with van der Waals surface area (Å²) in [7, 11) is 0. The van der Waals surface area contributed by atoms with Gasteiger partial charge in [-0.3, -0.25) is 0 Å². The van der Waals surface area contributed by atoms with Crippen LogP contribution in [0.3, 0.4) is 0 Å². The zero-order valence-corrected chi connectivity index (χ0v) is 13.9. The standard InChI is InChI=1S/C11H4F18O3/c12-4(13,6(16,17)8(20,21)10(24,25)26)1-31-3(30)32-2-5(14,15)7(18,19)9(22,23)11(27,28)29/h1-2H2. The first-order chi connectivity index (χ1) is 13.6. The van der Waals surface area contributed by atoms with Crippen molar-refractivity contribution in [3.63, 3.8) is 0 Å². The lowest BCUT2D eigenvalue weighted by Gasteiger charge is -2.33. The second-order valence-electron chi connectivity index (χ2n) is 5.53.